The Morgan fingerprint density at radius 2 is 1.70 bits per heavy atom. The molecule has 0 aliphatic heterocycles. The van der Waals surface area contributed by atoms with Gasteiger partial charge in [-0.3, -0.25) is 9.59 Å². The number of hydrogen-bond donors (Lipinski definition) is 0. The van der Waals surface area contributed by atoms with Crippen molar-refractivity contribution in [3.63, 3.8) is 0 Å². The fraction of sp³-hybridized carbons (Fsp3) is 0.375. The van der Waals surface area contributed by atoms with E-state index in [-0.39, 0.29) is 13.2 Å². The van der Waals surface area contributed by atoms with Crippen molar-refractivity contribution in [2.75, 3.05) is 13.2 Å². The van der Waals surface area contributed by atoms with Gasteiger partial charge in [0.15, 0.2) is 5.92 Å². The fourth-order valence-corrected chi connectivity index (χ4v) is 2.34. The summed E-state index contributed by atoms with van der Waals surface area (Å²) in [5.41, 5.74) is 2.89. The Kier molecular flexibility index (Phi) is 4.56. The van der Waals surface area contributed by atoms with Gasteiger partial charge < -0.3 is 9.47 Å². The lowest BCUT2D eigenvalue weighted by atomic mass is 9.97. The summed E-state index contributed by atoms with van der Waals surface area (Å²) in [4.78, 5) is 24.1. The fourth-order valence-electron chi connectivity index (χ4n) is 2.34. The van der Waals surface area contributed by atoms with Crippen molar-refractivity contribution in [3.8, 4) is 0 Å². The first kappa shape index (κ1) is 14.3. The molecule has 0 radical (unpaired) electrons. The van der Waals surface area contributed by atoms with Gasteiger partial charge in [0, 0.05) is 0 Å². The molecule has 1 aromatic rings. The van der Waals surface area contributed by atoms with E-state index in [0.717, 1.165) is 16.7 Å². The molecule has 106 valence electrons. The van der Waals surface area contributed by atoms with E-state index in [9.17, 15) is 9.59 Å². The molecule has 0 fully saturated rings. The van der Waals surface area contributed by atoms with Gasteiger partial charge in [0.25, 0.3) is 0 Å². The number of esters is 2. The topological polar surface area (TPSA) is 52.6 Å². The van der Waals surface area contributed by atoms with Crippen LogP contribution in [0.5, 0.6) is 0 Å². The predicted octanol–water partition coefficient (Wildman–Crippen LogP) is 2.37. The van der Waals surface area contributed by atoms with E-state index in [4.69, 9.17) is 9.47 Å². The molecule has 0 spiro atoms. The molecule has 0 saturated heterocycles. The number of hydrogen-bond acceptors (Lipinski definition) is 4. The monoisotopic (exact) mass is 274 g/mol. The van der Waals surface area contributed by atoms with Crippen LogP contribution in [0, 0.1) is 5.92 Å². The van der Waals surface area contributed by atoms with Crippen LogP contribution >= 0.6 is 0 Å². The summed E-state index contributed by atoms with van der Waals surface area (Å²) in [6, 6.07) is 7.84. The van der Waals surface area contributed by atoms with Crippen molar-refractivity contribution in [3.05, 3.63) is 41.0 Å². The molecule has 0 unspecified atom stereocenters. The van der Waals surface area contributed by atoms with Crippen LogP contribution < -0.4 is 0 Å². The maximum absolute atomic E-state index is 12.0. The van der Waals surface area contributed by atoms with Gasteiger partial charge in [-0.2, -0.15) is 0 Å². The largest absolute Gasteiger partial charge is 0.465 e. The average Bonchev–Trinajstić information content (AvgIpc) is 2.82. The highest BCUT2D eigenvalue weighted by atomic mass is 16.6. The van der Waals surface area contributed by atoms with E-state index >= 15 is 0 Å². The van der Waals surface area contributed by atoms with Gasteiger partial charge in [-0.1, -0.05) is 30.3 Å². The highest BCUT2D eigenvalue weighted by Gasteiger charge is 2.35. The van der Waals surface area contributed by atoms with Gasteiger partial charge >= 0.3 is 11.9 Å². The summed E-state index contributed by atoms with van der Waals surface area (Å²) < 4.78 is 10.0. The molecular weight excluding hydrogens is 256 g/mol. The second kappa shape index (κ2) is 6.37. The summed E-state index contributed by atoms with van der Waals surface area (Å²) in [6.45, 7) is 3.93. The van der Waals surface area contributed by atoms with Gasteiger partial charge in [-0.05, 0) is 37.0 Å². The number of carbonyl (C=O) groups excluding carboxylic acids is 2. The summed E-state index contributed by atoms with van der Waals surface area (Å²) in [5.74, 6) is -2.03. The first-order chi connectivity index (χ1) is 9.67. The quantitative estimate of drug-likeness (QED) is 0.611. The zero-order chi connectivity index (χ0) is 14.5. The van der Waals surface area contributed by atoms with Crippen LogP contribution in [-0.4, -0.2) is 25.2 Å². The minimum Gasteiger partial charge on any atom is -0.465 e. The van der Waals surface area contributed by atoms with Gasteiger partial charge in [0.1, 0.15) is 0 Å². The molecule has 1 aliphatic rings. The average molecular weight is 274 g/mol. The third-order valence-corrected chi connectivity index (χ3v) is 3.21. The zero-order valence-electron chi connectivity index (χ0n) is 11.7. The lowest BCUT2D eigenvalue weighted by Gasteiger charge is -2.15. The molecule has 4 nitrogen and oxygen atoms in total. The first-order valence-corrected chi connectivity index (χ1v) is 6.79. The second-order valence-corrected chi connectivity index (χ2v) is 4.53. The standard InChI is InChI=1S/C16H18O4/c1-3-19-15(17)14(16(18)20-4-2)13-9-11-7-5-6-8-12(11)10-13/h5-9,14H,3-4,10H2,1-2H3. The normalized spacial score (nSPS) is 12.8. The third-order valence-electron chi connectivity index (χ3n) is 3.21. The first-order valence-electron chi connectivity index (χ1n) is 6.79. The number of fused-ring (bicyclic) bond motifs is 1. The highest BCUT2D eigenvalue weighted by molar-refractivity contribution is 6.00. The molecule has 0 atom stereocenters. The Balaban J connectivity index is 2.25. The highest BCUT2D eigenvalue weighted by Crippen LogP contribution is 2.30. The SMILES string of the molecule is CCOC(=O)C(C(=O)OCC)C1=Cc2ccccc2C1. The predicted molar refractivity (Wildman–Crippen MR) is 74.9 cm³/mol. The van der Waals surface area contributed by atoms with Crippen LogP contribution in [0.1, 0.15) is 25.0 Å². The molecule has 20 heavy (non-hydrogen) atoms. The molecule has 1 aliphatic carbocycles. The van der Waals surface area contributed by atoms with E-state index in [1.807, 2.05) is 30.3 Å². The van der Waals surface area contributed by atoms with Crippen LogP contribution in [0.3, 0.4) is 0 Å². The number of carbonyl (C=O) groups is 2. The van der Waals surface area contributed by atoms with Gasteiger partial charge in [0.05, 0.1) is 13.2 Å². The van der Waals surface area contributed by atoms with Crippen LogP contribution in [0.2, 0.25) is 0 Å². The second-order valence-electron chi connectivity index (χ2n) is 4.53. The van der Waals surface area contributed by atoms with E-state index in [2.05, 4.69) is 0 Å². The van der Waals surface area contributed by atoms with Gasteiger partial charge in [-0.15, -0.1) is 0 Å². The Bertz CT molecular complexity index is 527. The van der Waals surface area contributed by atoms with Crippen molar-refractivity contribution in [2.45, 2.75) is 20.3 Å². The molecule has 1 aromatic carbocycles. The molecule has 2 rings (SSSR count). The van der Waals surface area contributed by atoms with E-state index < -0.39 is 17.9 Å². The van der Waals surface area contributed by atoms with Crippen molar-refractivity contribution < 1.29 is 19.1 Å². The Morgan fingerprint density at radius 3 is 2.25 bits per heavy atom. The summed E-state index contributed by atoms with van der Waals surface area (Å²) >= 11 is 0. The maximum Gasteiger partial charge on any atom is 0.324 e. The van der Waals surface area contributed by atoms with E-state index in [0.29, 0.717) is 6.42 Å². The summed E-state index contributed by atoms with van der Waals surface area (Å²) in [6.07, 6.45) is 2.46. The molecule has 0 saturated carbocycles. The smallest absolute Gasteiger partial charge is 0.324 e. The lowest BCUT2D eigenvalue weighted by Crippen LogP contribution is -2.30. The van der Waals surface area contributed by atoms with E-state index in [1.54, 1.807) is 13.8 Å². The minimum absolute atomic E-state index is 0.245. The molecule has 0 heterocycles. The van der Waals surface area contributed by atoms with Crippen LogP contribution in [-0.2, 0) is 25.5 Å². The Labute approximate surface area is 118 Å². The van der Waals surface area contributed by atoms with Gasteiger partial charge in [0.2, 0.25) is 0 Å². The molecular formula is C16H18O4. The van der Waals surface area contributed by atoms with Crippen LogP contribution in [0.15, 0.2) is 29.8 Å². The van der Waals surface area contributed by atoms with Gasteiger partial charge in [-0.25, -0.2) is 0 Å². The van der Waals surface area contributed by atoms with Crippen molar-refractivity contribution in [1.29, 1.82) is 0 Å². The summed E-state index contributed by atoms with van der Waals surface area (Å²) in [5, 5.41) is 0. The molecule has 0 aromatic heterocycles. The Hall–Kier alpha value is -2.10. The Morgan fingerprint density at radius 1 is 1.10 bits per heavy atom. The molecule has 0 bridgehead atoms. The number of rotatable bonds is 5. The maximum atomic E-state index is 12.0. The van der Waals surface area contributed by atoms with Crippen LogP contribution in [0.4, 0.5) is 0 Å². The summed E-state index contributed by atoms with van der Waals surface area (Å²) in [7, 11) is 0. The zero-order valence-corrected chi connectivity index (χ0v) is 11.7. The number of benzene rings is 1. The lowest BCUT2D eigenvalue weighted by molar-refractivity contribution is -0.159. The van der Waals surface area contributed by atoms with Crippen molar-refractivity contribution in [2.24, 2.45) is 5.92 Å². The van der Waals surface area contributed by atoms with E-state index in [1.165, 1.54) is 0 Å². The minimum atomic E-state index is -0.956. The number of ether oxygens (including phenoxy) is 2. The van der Waals surface area contributed by atoms with Crippen molar-refractivity contribution >= 4 is 18.0 Å². The van der Waals surface area contributed by atoms with Crippen molar-refractivity contribution in [1.82, 2.24) is 0 Å². The van der Waals surface area contributed by atoms with Crippen LogP contribution in [0.25, 0.3) is 6.08 Å². The molecule has 4 heteroatoms. The third kappa shape index (κ3) is 2.90. The molecule has 0 N–H and O–H groups in total. The molecule has 0 amide bonds.